The fourth-order valence-electron chi connectivity index (χ4n) is 1.56. The molecule has 4 heteroatoms. The summed E-state index contributed by atoms with van der Waals surface area (Å²) >= 11 is 0. The Morgan fingerprint density at radius 3 is 2.67 bits per heavy atom. The van der Waals surface area contributed by atoms with Gasteiger partial charge in [-0.05, 0) is 30.5 Å². The van der Waals surface area contributed by atoms with E-state index in [-0.39, 0.29) is 11.4 Å². The molecule has 3 N–H and O–H groups in total. The zero-order valence-electron chi connectivity index (χ0n) is 11.3. The maximum atomic E-state index is 11.6. The molecule has 4 nitrogen and oxygen atoms in total. The summed E-state index contributed by atoms with van der Waals surface area (Å²) < 4.78 is 4.75. The van der Waals surface area contributed by atoms with Gasteiger partial charge in [-0.25, -0.2) is 4.79 Å². The zero-order chi connectivity index (χ0) is 13.6. The summed E-state index contributed by atoms with van der Waals surface area (Å²) in [5, 5.41) is 3.26. The number of carbonyl (C=O) groups excluding carboxylic acids is 1. The van der Waals surface area contributed by atoms with Crippen LogP contribution in [0.15, 0.2) is 24.3 Å². The van der Waals surface area contributed by atoms with Crippen LogP contribution in [0.4, 0.5) is 5.69 Å². The molecule has 1 aromatic carbocycles. The van der Waals surface area contributed by atoms with E-state index in [1.54, 1.807) is 6.07 Å². The van der Waals surface area contributed by atoms with Crippen molar-refractivity contribution >= 4 is 11.7 Å². The predicted molar refractivity (Wildman–Crippen MR) is 73.7 cm³/mol. The number of para-hydroxylation sites is 1. The quantitative estimate of drug-likeness (QED) is 0.760. The third-order valence-corrected chi connectivity index (χ3v) is 3.00. The summed E-state index contributed by atoms with van der Waals surface area (Å²) in [5.41, 5.74) is 7.15. The minimum absolute atomic E-state index is 0.104. The number of anilines is 1. The number of carbonyl (C=O) groups is 1. The second-order valence-electron chi connectivity index (χ2n) is 5.08. The SMILES string of the molecule is COC(=O)c1ccccc1NCCC(C)(C)CN. The largest absolute Gasteiger partial charge is 0.465 e. The molecule has 0 saturated heterocycles. The van der Waals surface area contributed by atoms with Gasteiger partial charge in [0.1, 0.15) is 0 Å². The van der Waals surface area contributed by atoms with E-state index in [1.807, 2.05) is 18.2 Å². The molecule has 0 fully saturated rings. The Morgan fingerprint density at radius 2 is 2.06 bits per heavy atom. The number of methoxy groups -OCH3 is 1. The van der Waals surface area contributed by atoms with Crippen LogP contribution in [0.25, 0.3) is 0 Å². The molecule has 0 radical (unpaired) electrons. The number of benzene rings is 1. The summed E-state index contributed by atoms with van der Waals surface area (Å²) in [5.74, 6) is -0.323. The van der Waals surface area contributed by atoms with Crippen LogP contribution in [0.1, 0.15) is 30.6 Å². The average molecular weight is 250 g/mol. The van der Waals surface area contributed by atoms with Crippen molar-refractivity contribution in [1.82, 2.24) is 0 Å². The van der Waals surface area contributed by atoms with Gasteiger partial charge in [-0.2, -0.15) is 0 Å². The van der Waals surface area contributed by atoms with E-state index < -0.39 is 0 Å². The Bertz CT molecular complexity index is 403. The van der Waals surface area contributed by atoms with Gasteiger partial charge in [-0.15, -0.1) is 0 Å². The fraction of sp³-hybridized carbons (Fsp3) is 0.500. The minimum atomic E-state index is -0.323. The molecule has 1 rings (SSSR count). The van der Waals surface area contributed by atoms with Crippen LogP contribution in [0.5, 0.6) is 0 Å². The standard InChI is InChI=1S/C14H22N2O2/c1-14(2,10-15)8-9-16-12-7-5-4-6-11(12)13(17)18-3/h4-7,16H,8-10,15H2,1-3H3. The summed E-state index contributed by atoms with van der Waals surface area (Å²) in [7, 11) is 1.39. The first-order chi connectivity index (χ1) is 8.50. The zero-order valence-corrected chi connectivity index (χ0v) is 11.3. The van der Waals surface area contributed by atoms with Crippen molar-refractivity contribution in [1.29, 1.82) is 0 Å². The maximum absolute atomic E-state index is 11.6. The van der Waals surface area contributed by atoms with E-state index in [1.165, 1.54) is 7.11 Å². The third kappa shape index (κ3) is 4.04. The van der Waals surface area contributed by atoms with Crippen molar-refractivity contribution in [3.05, 3.63) is 29.8 Å². The van der Waals surface area contributed by atoms with Gasteiger partial charge in [0.25, 0.3) is 0 Å². The van der Waals surface area contributed by atoms with Crippen LogP contribution < -0.4 is 11.1 Å². The first-order valence-electron chi connectivity index (χ1n) is 6.11. The molecule has 0 aromatic heterocycles. The Balaban J connectivity index is 2.65. The van der Waals surface area contributed by atoms with Gasteiger partial charge < -0.3 is 15.8 Å². The second kappa shape index (κ2) is 6.40. The van der Waals surface area contributed by atoms with Crippen LogP contribution in [0.3, 0.4) is 0 Å². The molecule has 100 valence electrons. The smallest absolute Gasteiger partial charge is 0.339 e. The number of rotatable bonds is 6. The number of hydrogen-bond donors (Lipinski definition) is 2. The fourth-order valence-corrected chi connectivity index (χ4v) is 1.56. The van der Waals surface area contributed by atoms with E-state index in [0.717, 1.165) is 18.7 Å². The highest BCUT2D eigenvalue weighted by atomic mass is 16.5. The lowest BCUT2D eigenvalue weighted by Gasteiger charge is -2.22. The van der Waals surface area contributed by atoms with Gasteiger partial charge in [0, 0.05) is 12.2 Å². The van der Waals surface area contributed by atoms with Gasteiger partial charge in [-0.1, -0.05) is 26.0 Å². The molecule has 18 heavy (non-hydrogen) atoms. The third-order valence-electron chi connectivity index (χ3n) is 3.00. The van der Waals surface area contributed by atoms with Crippen LogP contribution in [-0.4, -0.2) is 26.2 Å². The summed E-state index contributed by atoms with van der Waals surface area (Å²) in [6.45, 7) is 5.67. The van der Waals surface area contributed by atoms with Gasteiger partial charge >= 0.3 is 5.97 Å². The Morgan fingerprint density at radius 1 is 1.39 bits per heavy atom. The number of nitrogens with two attached hydrogens (primary N) is 1. The molecular formula is C14H22N2O2. The minimum Gasteiger partial charge on any atom is -0.465 e. The summed E-state index contributed by atoms with van der Waals surface area (Å²) in [6.07, 6.45) is 0.943. The van der Waals surface area contributed by atoms with Crippen LogP contribution in [0.2, 0.25) is 0 Å². The van der Waals surface area contributed by atoms with Gasteiger partial charge in [0.05, 0.1) is 12.7 Å². The maximum Gasteiger partial charge on any atom is 0.339 e. The van der Waals surface area contributed by atoms with Crippen molar-refractivity contribution in [3.63, 3.8) is 0 Å². The number of hydrogen-bond acceptors (Lipinski definition) is 4. The molecule has 0 aliphatic carbocycles. The molecule has 1 aromatic rings. The molecule has 0 atom stereocenters. The molecule has 0 aliphatic heterocycles. The topological polar surface area (TPSA) is 64.3 Å². The number of esters is 1. The van der Waals surface area contributed by atoms with Gasteiger partial charge in [0.2, 0.25) is 0 Å². The monoisotopic (exact) mass is 250 g/mol. The van der Waals surface area contributed by atoms with Crippen molar-refractivity contribution in [2.24, 2.45) is 11.1 Å². The van der Waals surface area contributed by atoms with Gasteiger partial charge in [-0.3, -0.25) is 0 Å². The lowest BCUT2D eigenvalue weighted by Crippen LogP contribution is -2.26. The van der Waals surface area contributed by atoms with Crippen LogP contribution >= 0.6 is 0 Å². The summed E-state index contributed by atoms with van der Waals surface area (Å²) in [4.78, 5) is 11.6. The first kappa shape index (κ1) is 14.5. The Labute approximate surface area is 109 Å². The highest BCUT2D eigenvalue weighted by Crippen LogP contribution is 2.20. The molecule has 0 saturated carbocycles. The Hall–Kier alpha value is -1.55. The molecular weight excluding hydrogens is 228 g/mol. The van der Waals surface area contributed by atoms with E-state index in [9.17, 15) is 4.79 Å². The summed E-state index contributed by atoms with van der Waals surface area (Å²) in [6, 6.07) is 7.34. The molecule has 0 amide bonds. The molecule has 0 aliphatic rings. The Kier molecular flexibility index (Phi) is 5.16. The lowest BCUT2D eigenvalue weighted by molar-refractivity contribution is 0.0602. The van der Waals surface area contributed by atoms with E-state index in [0.29, 0.717) is 12.1 Å². The highest BCUT2D eigenvalue weighted by molar-refractivity contribution is 5.95. The van der Waals surface area contributed by atoms with Crippen molar-refractivity contribution in [2.75, 3.05) is 25.5 Å². The average Bonchev–Trinajstić information content (AvgIpc) is 2.38. The molecule has 0 unspecified atom stereocenters. The van der Waals surface area contributed by atoms with Crippen molar-refractivity contribution < 1.29 is 9.53 Å². The van der Waals surface area contributed by atoms with Gasteiger partial charge in [0.15, 0.2) is 0 Å². The van der Waals surface area contributed by atoms with E-state index in [2.05, 4.69) is 19.2 Å². The van der Waals surface area contributed by atoms with Crippen molar-refractivity contribution in [2.45, 2.75) is 20.3 Å². The first-order valence-corrected chi connectivity index (χ1v) is 6.11. The lowest BCUT2D eigenvalue weighted by atomic mass is 9.89. The van der Waals surface area contributed by atoms with Crippen LogP contribution in [0, 0.1) is 5.41 Å². The van der Waals surface area contributed by atoms with Crippen molar-refractivity contribution in [3.8, 4) is 0 Å². The van der Waals surface area contributed by atoms with E-state index >= 15 is 0 Å². The highest BCUT2D eigenvalue weighted by Gasteiger charge is 2.16. The predicted octanol–water partition coefficient (Wildman–Crippen LogP) is 2.26. The van der Waals surface area contributed by atoms with E-state index in [4.69, 9.17) is 10.5 Å². The molecule has 0 heterocycles. The molecule has 0 bridgehead atoms. The van der Waals surface area contributed by atoms with Crippen LogP contribution in [-0.2, 0) is 4.74 Å². The number of ether oxygens (including phenoxy) is 1. The molecule has 0 spiro atoms. The number of nitrogens with one attached hydrogen (secondary N) is 1. The second-order valence-corrected chi connectivity index (χ2v) is 5.08. The normalized spacial score (nSPS) is 11.1.